The van der Waals surface area contributed by atoms with E-state index in [1.807, 2.05) is 16.8 Å². The van der Waals surface area contributed by atoms with Crippen LogP contribution in [0.1, 0.15) is 24.8 Å². The second kappa shape index (κ2) is 5.51. The summed E-state index contributed by atoms with van der Waals surface area (Å²) in [5, 5.41) is 10.2. The summed E-state index contributed by atoms with van der Waals surface area (Å²) in [6.07, 6.45) is 10.8. The highest BCUT2D eigenvalue weighted by Crippen LogP contribution is 2.27. The normalized spacial score (nSPS) is 18.7. The van der Waals surface area contributed by atoms with Crippen LogP contribution in [0.25, 0.3) is 17.5 Å². The van der Waals surface area contributed by atoms with Crippen molar-refractivity contribution in [2.24, 2.45) is 0 Å². The van der Waals surface area contributed by atoms with Crippen LogP contribution in [0.15, 0.2) is 36.6 Å². The Morgan fingerprint density at radius 1 is 1.31 bits per heavy atom. The van der Waals surface area contributed by atoms with Gasteiger partial charge in [-0.2, -0.15) is 9.61 Å². The van der Waals surface area contributed by atoms with E-state index in [2.05, 4.69) is 25.7 Å². The zero-order chi connectivity index (χ0) is 17.7. The van der Waals surface area contributed by atoms with Crippen molar-refractivity contribution in [3.63, 3.8) is 0 Å². The highest BCUT2D eigenvalue weighted by Gasteiger charge is 2.25. The molecule has 2 fully saturated rings. The van der Waals surface area contributed by atoms with E-state index < -0.39 is 0 Å². The number of carbonyl (C=O) groups is 2. The Bertz CT molecular complexity index is 1060. The van der Waals surface area contributed by atoms with Gasteiger partial charge in [0.15, 0.2) is 5.65 Å². The van der Waals surface area contributed by atoms with Crippen LogP contribution in [-0.4, -0.2) is 42.0 Å². The third-order valence-electron chi connectivity index (χ3n) is 4.41. The zero-order valence-corrected chi connectivity index (χ0v) is 13.7. The van der Waals surface area contributed by atoms with Crippen molar-refractivity contribution in [2.75, 3.05) is 5.32 Å². The lowest BCUT2D eigenvalue weighted by Gasteiger charge is -2.10. The molecule has 0 radical (unpaired) electrons. The third kappa shape index (κ3) is 2.53. The SMILES string of the molecule is O=C1C/C(=C\c2cnn3c(NC4CC4)cc(-n4ccnc4)nc23)C(=O)N1. The van der Waals surface area contributed by atoms with Crippen LogP contribution in [0.2, 0.25) is 0 Å². The minimum atomic E-state index is -0.364. The highest BCUT2D eigenvalue weighted by molar-refractivity contribution is 6.15. The molecule has 26 heavy (non-hydrogen) atoms. The van der Waals surface area contributed by atoms with Crippen LogP contribution in [0.5, 0.6) is 0 Å². The third-order valence-corrected chi connectivity index (χ3v) is 4.41. The first-order chi connectivity index (χ1) is 12.7. The molecule has 1 saturated carbocycles. The Morgan fingerprint density at radius 3 is 2.88 bits per heavy atom. The molecule has 4 heterocycles. The predicted octanol–water partition coefficient (Wildman–Crippen LogP) is 0.919. The average Bonchev–Trinajstić information content (AvgIpc) is 3.01. The molecule has 9 heteroatoms. The molecule has 5 rings (SSSR count). The Kier molecular flexibility index (Phi) is 3.14. The molecule has 130 valence electrons. The number of anilines is 1. The second-order valence-electron chi connectivity index (χ2n) is 6.45. The van der Waals surface area contributed by atoms with Gasteiger partial charge in [-0.25, -0.2) is 9.97 Å². The Labute approximate surface area is 147 Å². The van der Waals surface area contributed by atoms with Crippen LogP contribution in [0.3, 0.4) is 0 Å². The quantitative estimate of drug-likeness (QED) is 0.536. The van der Waals surface area contributed by atoms with Gasteiger partial charge in [0.05, 0.1) is 12.6 Å². The Balaban J connectivity index is 1.65. The standard InChI is InChI=1S/C17H15N7O2/c25-15-6-10(17(26)22-15)5-11-8-19-24-14(20-12-1-2-12)7-13(21-16(11)24)23-4-3-18-9-23/h3-5,7-9,12,20H,1-2,6H2,(H,22,25,26)/b10-5+. The molecule has 0 spiro atoms. The first-order valence-corrected chi connectivity index (χ1v) is 8.36. The van der Waals surface area contributed by atoms with Gasteiger partial charge in [-0.05, 0) is 18.9 Å². The molecule has 0 atom stereocenters. The molecule has 1 saturated heterocycles. The van der Waals surface area contributed by atoms with Gasteiger partial charge < -0.3 is 5.32 Å². The van der Waals surface area contributed by atoms with E-state index in [0.717, 1.165) is 18.7 Å². The molecule has 0 bridgehead atoms. The van der Waals surface area contributed by atoms with Gasteiger partial charge in [0.25, 0.3) is 5.91 Å². The largest absolute Gasteiger partial charge is 0.367 e. The molecule has 1 aliphatic carbocycles. The molecular weight excluding hydrogens is 334 g/mol. The van der Waals surface area contributed by atoms with E-state index in [0.29, 0.717) is 28.6 Å². The summed E-state index contributed by atoms with van der Waals surface area (Å²) in [5.41, 5.74) is 1.71. The number of imide groups is 1. The van der Waals surface area contributed by atoms with E-state index in [1.165, 1.54) is 0 Å². The fourth-order valence-corrected chi connectivity index (χ4v) is 2.94. The fraction of sp³-hybridized carbons (Fsp3) is 0.235. The first kappa shape index (κ1) is 14.8. The minimum absolute atomic E-state index is 0.0740. The molecule has 1 aliphatic heterocycles. The number of carbonyl (C=O) groups excluding carboxylic acids is 2. The van der Waals surface area contributed by atoms with Gasteiger partial charge in [-0.1, -0.05) is 0 Å². The van der Waals surface area contributed by atoms with Gasteiger partial charge in [-0.15, -0.1) is 0 Å². The van der Waals surface area contributed by atoms with Gasteiger partial charge in [0, 0.05) is 35.6 Å². The number of rotatable bonds is 4. The maximum absolute atomic E-state index is 11.8. The van der Waals surface area contributed by atoms with Crippen LogP contribution in [0, 0.1) is 0 Å². The lowest BCUT2D eigenvalue weighted by Crippen LogP contribution is -2.19. The van der Waals surface area contributed by atoms with Crippen LogP contribution >= 0.6 is 0 Å². The van der Waals surface area contributed by atoms with E-state index >= 15 is 0 Å². The molecule has 2 aliphatic rings. The summed E-state index contributed by atoms with van der Waals surface area (Å²) in [7, 11) is 0. The summed E-state index contributed by atoms with van der Waals surface area (Å²) in [6, 6.07) is 2.36. The maximum Gasteiger partial charge on any atom is 0.254 e. The summed E-state index contributed by atoms with van der Waals surface area (Å²) >= 11 is 0. The summed E-state index contributed by atoms with van der Waals surface area (Å²) < 4.78 is 3.54. The number of nitrogens with one attached hydrogen (secondary N) is 2. The lowest BCUT2D eigenvalue weighted by atomic mass is 10.1. The van der Waals surface area contributed by atoms with Crippen molar-refractivity contribution in [1.29, 1.82) is 0 Å². The number of imidazole rings is 1. The number of amides is 2. The van der Waals surface area contributed by atoms with Crippen molar-refractivity contribution < 1.29 is 9.59 Å². The van der Waals surface area contributed by atoms with Crippen molar-refractivity contribution in [3.8, 4) is 5.82 Å². The highest BCUT2D eigenvalue weighted by atomic mass is 16.2. The molecule has 9 nitrogen and oxygen atoms in total. The van der Waals surface area contributed by atoms with Gasteiger partial charge >= 0.3 is 0 Å². The average molecular weight is 349 g/mol. The van der Waals surface area contributed by atoms with Crippen molar-refractivity contribution in [2.45, 2.75) is 25.3 Å². The molecule has 3 aromatic rings. The predicted molar refractivity (Wildman–Crippen MR) is 92.5 cm³/mol. The van der Waals surface area contributed by atoms with Crippen LogP contribution < -0.4 is 10.6 Å². The molecule has 0 unspecified atom stereocenters. The fourth-order valence-electron chi connectivity index (χ4n) is 2.94. The second-order valence-corrected chi connectivity index (χ2v) is 6.45. The molecular formula is C17H15N7O2. The van der Waals surface area contributed by atoms with Crippen molar-refractivity contribution in [3.05, 3.63) is 42.1 Å². The Morgan fingerprint density at radius 2 is 2.19 bits per heavy atom. The van der Waals surface area contributed by atoms with E-state index in [4.69, 9.17) is 0 Å². The summed E-state index contributed by atoms with van der Waals surface area (Å²) in [6.45, 7) is 0. The van der Waals surface area contributed by atoms with Gasteiger partial charge in [0.1, 0.15) is 18.0 Å². The number of hydrogen-bond acceptors (Lipinski definition) is 6. The van der Waals surface area contributed by atoms with E-state index in [-0.39, 0.29) is 18.2 Å². The van der Waals surface area contributed by atoms with Crippen LogP contribution in [0.4, 0.5) is 5.82 Å². The van der Waals surface area contributed by atoms with E-state index in [9.17, 15) is 9.59 Å². The molecule has 2 amide bonds. The summed E-state index contributed by atoms with van der Waals surface area (Å²) in [4.78, 5) is 32.0. The van der Waals surface area contributed by atoms with Gasteiger partial charge in [0.2, 0.25) is 5.91 Å². The number of nitrogens with zero attached hydrogens (tertiary/aromatic N) is 5. The Hall–Kier alpha value is -3.49. The van der Waals surface area contributed by atoms with Crippen molar-refractivity contribution >= 4 is 29.4 Å². The minimum Gasteiger partial charge on any atom is -0.367 e. The number of aromatic nitrogens is 5. The van der Waals surface area contributed by atoms with E-state index in [1.54, 1.807) is 29.3 Å². The monoisotopic (exact) mass is 349 g/mol. The van der Waals surface area contributed by atoms with Gasteiger partial charge in [-0.3, -0.25) is 19.5 Å². The molecule has 2 N–H and O–H groups in total. The number of fused-ring (bicyclic) bond motifs is 1. The first-order valence-electron chi connectivity index (χ1n) is 8.36. The lowest BCUT2D eigenvalue weighted by molar-refractivity contribution is -0.124. The summed E-state index contributed by atoms with van der Waals surface area (Å²) in [5.74, 6) is 0.875. The topological polar surface area (TPSA) is 106 Å². The van der Waals surface area contributed by atoms with Crippen molar-refractivity contribution in [1.82, 2.24) is 29.5 Å². The smallest absolute Gasteiger partial charge is 0.254 e. The number of hydrogen-bond donors (Lipinski definition) is 2. The molecule has 3 aromatic heterocycles. The van der Waals surface area contributed by atoms with Crippen LogP contribution in [-0.2, 0) is 9.59 Å². The molecule has 0 aromatic carbocycles. The zero-order valence-electron chi connectivity index (χ0n) is 13.7. The maximum atomic E-state index is 11.8.